The Morgan fingerprint density at radius 2 is 1.88 bits per heavy atom. The van der Waals surface area contributed by atoms with Crippen LogP contribution in [0.4, 0.5) is 26.7 Å². The zero-order valence-corrected chi connectivity index (χ0v) is 22.0. The lowest BCUT2D eigenvalue weighted by Gasteiger charge is -2.33. The van der Waals surface area contributed by atoms with Gasteiger partial charge in [0.2, 0.25) is 11.8 Å². The number of aromatic nitrogens is 3. The van der Waals surface area contributed by atoms with Crippen LogP contribution in [-0.2, 0) is 22.6 Å². The summed E-state index contributed by atoms with van der Waals surface area (Å²) in [4.78, 5) is 29.6. The molecule has 3 atom stereocenters. The van der Waals surface area contributed by atoms with Crippen LogP contribution in [0.5, 0.6) is 0 Å². The molecule has 41 heavy (non-hydrogen) atoms. The number of carbonyl (C=O) groups excluding carboxylic acids is 2. The fourth-order valence-electron chi connectivity index (χ4n) is 5.50. The van der Waals surface area contributed by atoms with Crippen molar-refractivity contribution in [3.8, 4) is 0 Å². The van der Waals surface area contributed by atoms with Crippen LogP contribution in [0.3, 0.4) is 0 Å². The molecule has 0 spiro atoms. The molecule has 1 unspecified atom stereocenters. The third-order valence-corrected chi connectivity index (χ3v) is 7.81. The van der Waals surface area contributed by atoms with Gasteiger partial charge in [0.1, 0.15) is 6.61 Å². The maximum absolute atomic E-state index is 13.9. The van der Waals surface area contributed by atoms with E-state index >= 15 is 0 Å². The normalized spacial score (nSPS) is 22.2. The van der Waals surface area contributed by atoms with Crippen molar-refractivity contribution in [1.29, 1.82) is 0 Å². The summed E-state index contributed by atoms with van der Waals surface area (Å²) in [5.74, 6) is -6.05. The molecule has 220 valence electrons. The number of alkyl carbamates (subject to hydrolysis) is 1. The van der Waals surface area contributed by atoms with Gasteiger partial charge in [-0.25, -0.2) is 23.1 Å². The molecule has 1 saturated carbocycles. The molecule has 2 amide bonds. The van der Waals surface area contributed by atoms with Gasteiger partial charge in [-0.3, -0.25) is 4.79 Å². The van der Waals surface area contributed by atoms with Crippen LogP contribution < -0.4 is 10.6 Å². The Hall–Kier alpha value is -3.77. The van der Waals surface area contributed by atoms with Crippen LogP contribution >= 0.6 is 0 Å². The molecule has 8 nitrogen and oxygen atoms in total. The predicted molar refractivity (Wildman–Crippen MR) is 137 cm³/mol. The minimum atomic E-state index is -4.41. The first kappa shape index (κ1) is 28.7. The number of halogens is 5. The SMILES string of the molecule is O=C(N[C@H](c1cn2nc(CC3C[C@H](C(F)(F)F)CNC3=O)ccc2n1)C1CCC(F)(F)CC1)OCc1ccccc1. The van der Waals surface area contributed by atoms with Gasteiger partial charge in [-0.05, 0) is 42.9 Å². The van der Waals surface area contributed by atoms with Gasteiger partial charge in [0, 0.05) is 31.7 Å². The smallest absolute Gasteiger partial charge is 0.408 e. The molecule has 3 aromatic rings. The number of benzene rings is 1. The second-order valence-corrected chi connectivity index (χ2v) is 10.8. The molecule has 13 heteroatoms. The van der Waals surface area contributed by atoms with Crippen LogP contribution in [0.2, 0.25) is 0 Å². The molecule has 0 bridgehead atoms. The number of rotatable bonds is 7. The summed E-state index contributed by atoms with van der Waals surface area (Å²) < 4.78 is 74.3. The predicted octanol–water partition coefficient (Wildman–Crippen LogP) is 5.38. The van der Waals surface area contributed by atoms with Gasteiger partial charge in [0.25, 0.3) is 0 Å². The third-order valence-electron chi connectivity index (χ3n) is 7.81. The molecular formula is C28H30F5N5O3. The van der Waals surface area contributed by atoms with Crippen molar-refractivity contribution < 1.29 is 36.3 Å². The zero-order valence-electron chi connectivity index (χ0n) is 22.0. The average Bonchev–Trinajstić information content (AvgIpc) is 3.35. The van der Waals surface area contributed by atoms with Crippen LogP contribution in [-0.4, -0.2) is 45.2 Å². The van der Waals surface area contributed by atoms with E-state index in [0.29, 0.717) is 17.0 Å². The molecule has 3 heterocycles. The number of imidazole rings is 1. The number of hydrogen-bond acceptors (Lipinski definition) is 5. The minimum Gasteiger partial charge on any atom is -0.445 e. The van der Waals surface area contributed by atoms with Gasteiger partial charge >= 0.3 is 12.3 Å². The fourth-order valence-corrected chi connectivity index (χ4v) is 5.50. The monoisotopic (exact) mass is 579 g/mol. The molecule has 1 aliphatic carbocycles. The lowest BCUT2D eigenvalue weighted by Crippen LogP contribution is -2.47. The molecule has 2 aromatic heterocycles. The van der Waals surface area contributed by atoms with Gasteiger partial charge in [0.15, 0.2) is 5.65 Å². The highest BCUT2D eigenvalue weighted by molar-refractivity contribution is 5.79. The summed E-state index contributed by atoms with van der Waals surface area (Å²) in [6.07, 6.45) is -4.17. The molecule has 1 saturated heterocycles. The first-order valence-electron chi connectivity index (χ1n) is 13.5. The number of hydrogen-bond donors (Lipinski definition) is 2. The van der Waals surface area contributed by atoms with Crippen molar-refractivity contribution in [2.24, 2.45) is 17.8 Å². The Labute approximate surface area is 232 Å². The lowest BCUT2D eigenvalue weighted by atomic mass is 9.81. The van der Waals surface area contributed by atoms with Crippen molar-refractivity contribution in [2.75, 3.05) is 6.54 Å². The van der Waals surface area contributed by atoms with Gasteiger partial charge in [-0.15, -0.1) is 0 Å². The highest BCUT2D eigenvalue weighted by Gasteiger charge is 2.45. The van der Waals surface area contributed by atoms with Crippen molar-refractivity contribution in [2.45, 2.75) is 63.3 Å². The molecule has 2 fully saturated rings. The van der Waals surface area contributed by atoms with E-state index in [9.17, 15) is 31.5 Å². The number of amides is 2. The second-order valence-electron chi connectivity index (χ2n) is 10.8. The van der Waals surface area contributed by atoms with E-state index in [0.717, 1.165) is 5.56 Å². The second kappa shape index (κ2) is 11.6. The fraction of sp³-hybridized carbons (Fsp3) is 0.500. The third kappa shape index (κ3) is 7.12. The summed E-state index contributed by atoms with van der Waals surface area (Å²) in [5.41, 5.74) is 1.98. The highest BCUT2D eigenvalue weighted by Crippen LogP contribution is 2.41. The standard InChI is InChI=1S/C28H30F5N5O3/c29-27(30)10-8-18(9-11-27)24(36-26(40)41-16-17-4-2-1-3-5-17)22-15-38-23(35-22)7-6-21(37-38)13-19-12-20(28(31,32)33)14-34-25(19)39/h1-7,15,18-20,24H,8-14,16H2,(H,34,39)(H,36,40)/t19?,20-,24-/m0/s1. The first-order chi connectivity index (χ1) is 19.5. The number of nitrogens with zero attached hydrogens (tertiary/aromatic N) is 3. The molecule has 0 radical (unpaired) electrons. The molecule has 2 N–H and O–H groups in total. The van der Waals surface area contributed by atoms with E-state index < -0.39 is 48.5 Å². The summed E-state index contributed by atoms with van der Waals surface area (Å²) in [6, 6.07) is 11.6. The highest BCUT2D eigenvalue weighted by atomic mass is 19.4. The van der Waals surface area contributed by atoms with Crippen molar-refractivity contribution in [1.82, 2.24) is 25.2 Å². The van der Waals surface area contributed by atoms with Gasteiger partial charge in [-0.1, -0.05) is 30.3 Å². The summed E-state index contributed by atoms with van der Waals surface area (Å²) in [7, 11) is 0. The van der Waals surface area contributed by atoms with E-state index in [-0.39, 0.29) is 51.0 Å². The largest absolute Gasteiger partial charge is 0.445 e. The Kier molecular flexibility index (Phi) is 8.14. The Bertz CT molecular complexity index is 1370. The zero-order chi connectivity index (χ0) is 29.2. The maximum atomic E-state index is 13.9. The number of alkyl halides is 5. The molecule has 2 aliphatic rings. The molecule has 1 aliphatic heterocycles. The quantitative estimate of drug-likeness (QED) is 0.367. The van der Waals surface area contributed by atoms with E-state index in [1.54, 1.807) is 30.5 Å². The summed E-state index contributed by atoms with van der Waals surface area (Å²) in [6.45, 7) is -0.409. The number of piperidine rings is 1. The van der Waals surface area contributed by atoms with Gasteiger partial charge < -0.3 is 15.4 Å². The topological polar surface area (TPSA) is 97.6 Å². The Morgan fingerprint density at radius 3 is 2.59 bits per heavy atom. The Morgan fingerprint density at radius 1 is 1.15 bits per heavy atom. The van der Waals surface area contributed by atoms with Crippen LogP contribution in [0.15, 0.2) is 48.7 Å². The lowest BCUT2D eigenvalue weighted by molar-refractivity contribution is -0.183. The minimum absolute atomic E-state index is 0.00701. The summed E-state index contributed by atoms with van der Waals surface area (Å²) in [5, 5.41) is 9.58. The van der Waals surface area contributed by atoms with Crippen LogP contribution in [0.25, 0.3) is 5.65 Å². The number of carbonyl (C=O) groups is 2. The van der Waals surface area contributed by atoms with Crippen LogP contribution in [0, 0.1) is 17.8 Å². The average molecular weight is 580 g/mol. The van der Waals surface area contributed by atoms with Gasteiger partial charge in [0.05, 0.1) is 29.5 Å². The van der Waals surface area contributed by atoms with Gasteiger partial charge in [-0.2, -0.15) is 18.3 Å². The maximum Gasteiger partial charge on any atom is 0.408 e. The van der Waals surface area contributed by atoms with E-state index in [1.165, 1.54) is 4.52 Å². The number of ether oxygens (including phenoxy) is 1. The summed E-state index contributed by atoms with van der Waals surface area (Å²) >= 11 is 0. The van der Waals surface area contributed by atoms with Crippen LogP contribution in [0.1, 0.15) is 55.1 Å². The van der Waals surface area contributed by atoms with Crippen molar-refractivity contribution in [3.63, 3.8) is 0 Å². The number of nitrogens with one attached hydrogen (secondary N) is 2. The molecule has 1 aromatic carbocycles. The number of fused-ring (bicyclic) bond motifs is 1. The Balaban J connectivity index is 1.33. The van der Waals surface area contributed by atoms with E-state index in [4.69, 9.17) is 4.74 Å². The van der Waals surface area contributed by atoms with E-state index in [1.807, 2.05) is 18.2 Å². The van der Waals surface area contributed by atoms with Crippen molar-refractivity contribution in [3.05, 3.63) is 65.6 Å². The first-order valence-corrected chi connectivity index (χ1v) is 13.5. The van der Waals surface area contributed by atoms with E-state index in [2.05, 4.69) is 20.7 Å². The molecule has 5 rings (SSSR count). The van der Waals surface area contributed by atoms with Crippen molar-refractivity contribution >= 4 is 17.6 Å². The molecular weight excluding hydrogens is 549 g/mol.